The van der Waals surface area contributed by atoms with Gasteiger partial charge in [0.05, 0.1) is 5.69 Å². The van der Waals surface area contributed by atoms with Gasteiger partial charge in [-0.1, -0.05) is 25.8 Å². The minimum absolute atomic E-state index is 0.117. The van der Waals surface area contributed by atoms with Crippen molar-refractivity contribution in [3.63, 3.8) is 0 Å². The summed E-state index contributed by atoms with van der Waals surface area (Å²) in [6.07, 6.45) is 5.20. The van der Waals surface area contributed by atoms with Crippen molar-refractivity contribution in [2.75, 3.05) is 0 Å². The molecule has 66 valence electrons. The Balaban J connectivity index is 2.48. The van der Waals surface area contributed by atoms with Gasteiger partial charge in [-0.3, -0.25) is 4.98 Å². The molecule has 1 aromatic rings. The molecule has 0 saturated heterocycles. The second-order valence-electron chi connectivity index (χ2n) is 3.00. The molecular formula is C10H16N2. The maximum atomic E-state index is 5.92. The van der Waals surface area contributed by atoms with Crippen LogP contribution < -0.4 is 5.73 Å². The fraction of sp³-hybridized carbons (Fsp3) is 0.500. The zero-order valence-corrected chi connectivity index (χ0v) is 7.53. The summed E-state index contributed by atoms with van der Waals surface area (Å²) in [7, 11) is 0. The smallest absolute Gasteiger partial charge is 0.0570 e. The lowest BCUT2D eigenvalue weighted by Crippen LogP contribution is -2.11. The van der Waals surface area contributed by atoms with Crippen LogP contribution in [0.25, 0.3) is 0 Å². The van der Waals surface area contributed by atoms with Crippen molar-refractivity contribution in [1.82, 2.24) is 4.98 Å². The predicted molar refractivity (Wildman–Crippen MR) is 50.7 cm³/mol. The fourth-order valence-electron chi connectivity index (χ4n) is 1.17. The Morgan fingerprint density at radius 2 is 2.33 bits per heavy atom. The summed E-state index contributed by atoms with van der Waals surface area (Å²) in [5.41, 5.74) is 6.92. The van der Waals surface area contributed by atoms with Gasteiger partial charge in [-0.15, -0.1) is 0 Å². The van der Waals surface area contributed by atoms with Gasteiger partial charge < -0.3 is 5.73 Å². The van der Waals surface area contributed by atoms with Gasteiger partial charge in [0.15, 0.2) is 0 Å². The molecular weight excluding hydrogens is 148 g/mol. The van der Waals surface area contributed by atoms with E-state index in [9.17, 15) is 0 Å². The second kappa shape index (κ2) is 4.88. The van der Waals surface area contributed by atoms with Crippen molar-refractivity contribution < 1.29 is 0 Å². The van der Waals surface area contributed by atoms with Crippen LogP contribution in [0.2, 0.25) is 0 Å². The van der Waals surface area contributed by atoms with Crippen LogP contribution in [0.1, 0.15) is 37.9 Å². The van der Waals surface area contributed by atoms with E-state index in [1.165, 1.54) is 12.8 Å². The van der Waals surface area contributed by atoms with Crippen molar-refractivity contribution in [2.24, 2.45) is 5.73 Å². The van der Waals surface area contributed by atoms with Crippen LogP contribution in [0.15, 0.2) is 24.4 Å². The highest BCUT2D eigenvalue weighted by Crippen LogP contribution is 2.13. The number of hydrogen-bond acceptors (Lipinski definition) is 2. The van der Waals surface area contributed by atoms with Crippen molar-refractivity contribution in [1.29, 1.82) is 0 Å². The Hall–Kier alpha value is -0.890. The first-order valence-electron chi connectivity index (χ1n) is 4.51. The normalized spacial score (nSPS) is 12.8. The van der Waals surface area contributed by atoms with Crippen LogP contribution in [-0.4, -0.2) is 4.98 Å². The van der Waals surface area contributed by atoms with Gasteiger partial charge in [-0.2, -0.15) is 0 Å². The molecule has 1 atom stereocenters. The molecule has 2 heteroatoms. The van der Waals surface area contributed by atoms with Gasteiger partial charge in [0.1, 0.15) is 0 Å². The lowest BCUT2D eigenvalue weighted by atomic mass is 10.1. The number of nitrogens with two attached hydrogens (primary N) is 1. The third-order valence-corrected chi connectivity index (χ3v) is 1.94. The molecule has 12 heavy (non-hydrogen) atoms. The molecule has 0 radical (unpaired) electrons. The van der Waals surface area contributed by atoms with Gasteiger partial charge in [-0.25, -0.2) is 0 Å². The van der Waals surface area contributed by atoms with E-state index in [1.807, 2.05) is 18.2 Å². The van der Waals surface area contributed by atoms with E-state index in [-0.39, 0.29) is 6.04 Å². The average molecular weight is 164 g/mol. The van der Waals surface area contributed by atoms with E-state index in [2.05, 4.69) is 11.9 Å². The number of unbranched alkanes of at least 4 members (excludes halogenated alkanes) is 1. The first-order chi connectivity index (χ1) is 5.84. The summed E-state index contributed by atoms with van der Waals surface area (Å²) in [4.78, 5) is 4.21. The summed E-state index contributed by atoms with van der Waals surface area (Å²) >= 11 is 0. The second-order valence-corrected chi connectivity index (χ2v) is 3.00. The standard InChI is InChI=1S/C10H16N2/c1-2-3-6-9(11)10-7-4-5-8-12-10/h4-5,7-9H,2-3,6,11H2,1H3/t9-/m0/s1. The third-order valence-electron chi connectivity index (χ3n) is 1.94. The van der Waals surface area contributed by atoms with Crippen LogP contribution in [0.3, 0.4) is 0 Å². The minimum Gasteiger partial charge on any atom is -0.323 e. The number of rotatable bonds is 4. The van der Waals surface area contributed by atoms with E-state index in [1.54, 1.807) is 6.20 Å². The number of aromatic nitrogens is 1. The fourth-order valence-corrected chi connectivity index (χ4v) is 1.17. The van der Waals surface area contributed by atoms with E-state index < -0.39 is 0 Å². The van der Waals surface area contributed by atoms with E-state index in [4.69, 9.17) is 5.73 Å². The van der Waals surface area contributed by atoms with E-state index in [0.717, 1.165) is 12.1 Å². The van der Waals surface area contributed by atoms with Crippen LogP contribution in [0, 0.1) is 0 Å². The highest BCUT2D eigenvalue weighted by atomic mass is 14.8. The highest BCUT2D eigenvalue weighted by molar-refractivity contribution is 5.07. The first kappa shape index (κ1) is 9.20. The molecule has 0 fully saturated rings. The molecule has 0 amide bonds. The molecule has 1 aromatic heterocycles. The zero-order chi connectivity index (χ0) is 8.81. The summed E-state index contributed by atoms with van der Waals surface area (Å²) in [6, 6.07) is 6.00. The van der Waals surface area contributed by atoms with Crippen LogP contribution in [0.4, 0.5) is 0 Å². The molecule has 2 N–H and O–H groups in total. The van der Waals surface area contributed by atoms with Gasteiger partial charge in [0.25, 0.3) is 0 Å². The maximum absolute atomic E-state index is 5.92. The molecule has 0 aliphatic carbocycles. The molecule has 0 aliphatic rings. The lowest BCUT2D eigenvalue weighted by molar-refractivity contribution is 0.590. The molecule has 0 spiro atoms. The average Bonchev–Trinajstić information content (AvgIpc) is 2.15. The first-order valence-corrected chi connectivity index (χ1v) is 4.51. The lowest BCUT2D eigenvalue weighted by Gasteiger charge is -2.08. The van der Waals surface area contributed by atoms with Crippen LogP contribution in [-0.2, 0) is 0 Å². The maximum Gasteiger partial charge on any atom is 0.0570 e. The van der Waals surface area contributed by atoms with E-state index >= 15 is 0 Å². The minimum atomic E-state index is 0.117. The Labute approximate surface area is 73.8 Å². The quantitative estimate of drug-likeness (QED) is 0.741. The predicted octanol–water partition coefficient (Wildman–Crippen LogP) is 2.27. The Morgan fingerprint density at radius 3 is 2.92 bits per heavy atom. The monoisotopic (exact) mass is 164 g/mol. The zero-order valence-electron chi connectivity index (χ0n) is 7.53. The largest absolute Gasteiger partial charge is 0.323 e. The number of hydrogen-bond donors (Lipinski definition) is 1. The van der Waals surface area contributed by atoms with Crippen molar-refractivity contribution in [3.8, 4) is 0 Å². The topological polar surface area (TPSA) is 38.9 Å². The van der Waals surface area contributed by atoms with E-state index in [0.29, 0.717) is 0 Å². The van der Waals surface area contributed by atoms with Gasteiger partial charge in [0.2, 0.25) is 0 Å². The molecule has 1 heterocycles. The van der Waals surface area contributed by atoms with Crippen LogP contribution in [0.5, 0.6) is 0 Å². The Kier molecular flexibility index (Phi) is 3.74. The Bertz CT molecular complexity index is 208. The van der Waals surface area contributed by atoms with Crippen molar-refractivity contribution in [2.45, 2.75) is 32.2 Å². The van der Waals surface area contributed by atoms with Gasteiger partial charge in [-0.05, 0) is 18.6 Å². The molecule has 0 saturated carbocycles. The molecule has 1 rings (SSSR count). The number of nitrogens with zero attached hydrogens (tertiary/aromatic N) is 1. The Morgan fingerprint density at radius 1 is 1.50 bits per heavy atom. The molecule has 2 nitrogen and oxygen atoms in total. The third kappa shape index (κ3) is 2.62. The summed E-state index contributed by atoms with van der Waals surface area (Å²) in [6.45, 7) is 2.17. The molecule has 0 unspecified atom stereocenters. The molecule has 0 aromatic carbocycles. The number of pyridine rings is 1. The van der Waals surface area contributed by atoms with Gasteiger partial charge in [0, 0.05) is 12.2 Å². The van der Waals surface area contributed by atoms with Crippen molar-refractivity contribution >= 4 is 0 Å². The highest BCUT2D eigenvalue weighted by Gasteiger charge is 2.04. The van der Waals surface area contributed by atoms with Crippen molar-refractivity contribution in [3.05, 3.63) is 30.1 Å². The molecule has 0 bridgehead atoms. The molecule has 0 aliphatic heterocycles. The SMILES string of the molecule is CCCC[C@H](N)c1ccccn1. The summed E-state index contributed by atoms with van der Waals surface area (Å²) in [5.74, 6) is 0. The summed E-state index contributed by atoms with van der Waals surface area (Å²) in [5, 5.41) is 0. The van der Waals surface area contributed by atoms with Gasteiger partial charge >= 0.3 is 0 Å². The van der Waals surface area contributed by atoms with Crippen LogP contribution >= 0.6 is 0 Å². The summed E-state index contributed by atoms with van der Waals surface area (Å²) < 4.78 is 0.